The predicted molar refractivity (Wildman–Crippen MR) is 71.5 cm³/mol. The van der Waals surface area contributed by atoms with Crippen molar-refractivity contribution < 1.29 is 0 Å². The summed E-state index contributed by atoms with van der Waals surface area (Å²) in [6.45, 7) is 2.12. The van der Waals surface area contributed by atoms with Crippen LogP contribution in [0.1, 0.15) is 43.1 Å². The molecular weight excluding hydrogens is 232 g/mol. The van der Waals surface area contributed by atoms with E-state index in [0.29, 0.717) is 11.9 Å². The van der Waals surface area contributed by atoms with Crippen LogP contribution in [0.15, 0.2) is 18.2 Å². The second kappa shape index (κ2) is 4.34. The van der Waals surface area contributed by atoms with E-state index in [1.807, 2.05) is 0 Å². The first kappa shape index (κ1) is 11.1. The van der Waals surface area contributed by atoms with Crippen LogP contribution < -0.4 is 0 Å². The molecule has 1 aliphatic carbocycles. The Hall–Kier alpha value is -1.02. The van der Waals surface area contributed by atoms with Crippen molar-refractivity contribution in [2.24, 2.45) is 0 Å². The van der Waals surface area contributed by atoms with Crippen LogP contribution in [0.3, 0.4) is 0 Å². The van der Waals surface area contributed by atoms with Crippen LogP contribution >= 0.6 is 11.6 Å². The molecule has 1 saturated carbocycles. The maximum atomic E-state index is 6.05. The van der Waals surface area contributed by atoms with Gasteiger partial charge in [-0.1, -0.05) is 25.0 Å². The molecule has 2 nitrogen and oxygen atoms in total. The van der Waals surface area contributed by atoms with Crippen LogP contribution in [0, 0.1) is 6.92 Å². The van der Waals surface area contributed by atoms with Gasteiger partial charge in [0.05, 0.1) is 16.9 Å². The summed E-state index contributed by atoms with van der Waals surface area (Å²) < 4.78 is 2.38. The Morgan fingerprint density at radius 1 is 1.35 bits per heavy atom. The molecule has 2 aromatic rings. The zero-order valence-electron chi connectivity index (χ0n) is 10.1. The van der Waals surface area contributed by atoms with Crippen LogP contribution in [0.5, 0.6) is 0 Å². The number of halogens is 1. The third-order valence-electron chi connectivity index (χ3n) is 3.80. The van der Waals surface area contributed by atoms with Crippen LogP contribution in [0.2, 0.25) is 0 Å². The first-order valence-electron chi connectivity index (χ1n) is 6.33. The van der Waals surface area contributed by atoms with Crippen molar-refractivity contribution in [3.05, 3.63) is 29.6 Å². The van der Waals surface area contributed by atoms with E-state index in [0.717, 1.165) is 11.3 Å². The van der Waals surface area contributed by atoms with Gasteiger partial charge < -0.3 is 4.57 Å². The van der Waals surface area contributed by atoms with Crippen LogP contribution in [0.4, 0.5) is 0 Å². The molecule has 0 N–H and O–H groups in total. The maximum Gasteiger partial charge on any atom is 0.125 e. The van der Waals surface area contributed by atoms with Crippen LogP contribution in [-0.2, 0) is 5.88 Å². The van der Waals surface area contributed by atoms with Crippen molar-refractivity contribution in [2.75, 3.05) is 0 Å². The summed E-state index contributed by atoms with van der Waals surface area (Å²) >= 11 is 6.05. The number of alkyl halides is 1. The molecule has 0 bridgehead atoms. The highest BCUT2D eigenvalue weighted by Gasteiger charge is 2.22. The fourth-order valence-electron chi connectivity index (χ4n) is 2.97. The number of aromatic nitrogens is 2. The number of para-hydroxylation sites is 1. The highest BCUT2D eigenvalue weighted by atomic mass is 35.5. The van der Waals surface area contributed by atoms with E-state index < -0.39 is 0 Å². The summed E-state index contributed by atoms with van der Waals surface area (Å²) in [7, 11) is 0. The average molecular weight is 249 g/mol. The van der Waals surface area contributed by atoms with Gasteiger partial charge in [0.15, 0.2) is 0 Å². The number of nitrogens with zero attached hydrogens (tertiary/aromatic N) is 2. The summed E-state index contributed by atoms with van der Waals surface area (Å²) in [5, 5.41) is 0. The number of benzene rings is 1. The molecule has 0 aliphatic heterocycles. The quantitative estimate of drug-likeness (QED) is 0.729. The van der Waals surface area contributed by atoms with Gasteiger partial charge in [0, 0.05) is 6.04 Å². The molecule has 3 heteroatoms. The minimum absolute atomic E-state index is 0.505. The maximum absolute atomic E-state index is 6.05. The van der Waals surface area contributed by atoms with Crippen LogP contribution in [-0.4, -0.2) is 9.55 Å². The molecule has 17 heavy (non-hydrogen) atoms. The lowest BCUT2D eigenvalue weighted by atomic mass is 10.2. The van der Waals surface area contributed by atoms with Crippen molar-refractivity contribution in [3.63, 3.8) is 0 Å². The van der Waals surface area contributed by atoms with Crippen molar-refractivity contribution >= 4 is 22.6 Å². The van der Waals surface area contributed by atoms with E-state index >= 15 is 0 Å². The van der Waals surface area contributed by atoms with E-state index in [9.17, 15) is 0 Å². The minimum Gasteiger partial charge on any atom is -0.324 e. The molecule has 0 saturated heterocycles. The van der Waals surface area contributed by atoms with Gasteiger partial charge in [0.1, 0.15) is 5.82 Å². The Balaban J connectivity index is 2.22. The third kappa shape index (κ3) is 1.75. The van der Waals surface area contributed by atoms with Gasteiger partial charge >= 0.3 is 0 Å². The summed E-state index contributed by atoms with van der Waals surface area (Å²) in [6, 6.07) is 7.01. The molecule has 0 spiro atoms. The lowest BCUT2D eigenvalue weighted by Crippen LogP contribution is -2.07. The fraction of sp³-hybridized carbons (Fsp3) is 0.500. The molecule has 1 aliphatic rings. The van der Waals surface area contributed by atoms with Gasteiger partial charge in [-0.2, -0.15) is 0 Å². The van der Waals surface area contributed by atoms with E-state index in [2.05, 4.69) is 29.7 Å². The average Bonchev–Trinajstić information content (AvgIpc) is 2.94. The fourth-order valence-corrected chi connectivity index (χ4v) is 3.16. The first-order valence-corrected chi connectivity index (χ1v) is 6.87. The van der Waals surface area contributed by atoms with Crippen molar-refractivity contribution in [1.82, 2.24) is 9.55 Å². The van der Waals surface area contributed by atoms with Gasteiger partial charge in [-0.3, -0.25) is 0 Å². The zero-order valence-corrected chi connectivity index (χ0v) is 10.9. The number of fused-ring (bicyclic) bond motifs is 1. The van der Waals surface area contributed by atoms with Crippen molar-refractivity contribution in [2.45, 2.75) is 44.5 Å². The van der Waals surface area contributed by atoms with Crippen molar-refractivity contribution in [3.8, 4) is 0 Å². The standard InChI is InChI=1S/C14H17ClN2/c1-10-5-4-8-12-14(10)16-13(9-15)17(12)11-6-2-3-7-11/h4-5,8,11H,2-3,6-7,9H2,1H3. The Bertz CT molecular complexity index is 538. The summed E-state index contributed by atoms with van der Waals surface area (Å²) in [6.07, 6.45) is 5.20. The number of rotatable bonds is 2. The molecule has 90 valence electrons. The summed E-state index contributed by atoms with van der Waals surface area (Å²) in [5.74, 6) is 1.54. The SMILES string of the molecule is Cc1cccc2c1nc(CCl)n2C1CCCC1. The molecule has 3 rings (SSSR count). The number of aryl methyl sites for hydroxylation is 1. The molecule has 1 heterocycles. The van der Waals surface area contributed by atoms with Crippen LogP contribution in [0.25, 0.3) is 11.0 Å². The number of hydrogen-bond donors (Lipinski definition) is 0. The van der Waals surface area contributed by atoms with Crippen molar-refractivity contribution in [1.29, 1.82) is 0 Å². The number of hydrogen-bond acceptors (Lipinski definition) is 1. The van der Waals surface area contributed by atoms with Gasteiger partial charge in [-0.25, -0.2) is 4.98 Å². The monoisotopic (exact) mass is 248 g/mol. The predicted octanol–water partition coefficient (Wildman–Crippen LogP) is 4.20. The molecule has 1 aromatic heterocycles. The molecule has 0 atom stereocenters. The highest BCUT2D eigenvalue weighted by molar-refractivity contribution is 6.16. The number of imidazole rings is 1. The molecule has 0 unspecified atom stereocenters. The normalized spacial score (nSPS) is 17.1. The molecule has 0 amide bonds. The first-order chi connectivity index (χ1) is 8.31. The Morgan fingerprint density at radius 2 is 2.12 bits per heavy atom. The van der Waals surface area contributed by atoms with E-state index in [1.165, 1.54) is 36.8 Å². The van der Waals surface area contributed by atoms with Gasteiger partial charge in [0.25, 0.3) is 0 Å². The second-order valence-corrected chi connectivity index (χ2v) is 5.18. The zero-order chi connectivity index (χ0) is 11.8. The second-order valence-electron chi connectivity index (χ2n) is 4.91. The van der Waals surface area contributed by atoms with E-state index in [4.69, 9.17) is 16.6 Å². The molecule has 1 aromatic carbocycles. The summed E-state index contributed by atoms with van der Waals surface area (Å²) in [4.78, 5) is 4.71. The lowest BCUT2D eigenvalue weighted by Gasteiger charge is -2.15. The largest absolute Gasteiger partial charge is 0.324 e. The smallest absolute Gasteiger partial charge is 0.125 e. The Kier molecular flexibility index (Phi) is 2.83. The van der Waals surface area contributed by atoms with Gasteiger partial charge in [-0.05, 0) is 31.4 Å². The van der Waals surface area contributed by atoms with E-state index in [1.54, 1.807) is 0 Å². The third-order valence-corrected chi connectivity index (χ3v) is 4.04. The topological polar surface area (TPSA) is 17.8 Å². The molecule has 0 radical (unpaired) electrons. The minimum atomic E-state index is 0.505. The lowest BCUT2D eigenvalue weighted by molar-refractivity contribution is 0.518. The Morgan fingerprint density at radius 3 is 2.82 bits per heavy atom. The molecular formula is C14H17ClN2. The van der Waals surface area contributed by atoms with Gasteiger partial charge in [0.2, 0.25) is 0 Å². The molecule has 1 fully saturated rings. The van der Waals surface area contributed by atoms with Gasteiger partial charge in [-0.15, -0.1) is 11.6 Å². The Labute approximate surface area is 107 Å². The van der Waals surface area contributed by atoms with E-state index in [-0.39, 0.29) is 0 Å². The highest BCUT2D eigenvalue weighted by Crippen LogP contribution is 2.34. The summed E-state index contributed by atoms with van der Waals surface area (Å²) in [5.41, 5.74) is 3.62.